The molecule has 0 radical (unpaired) electrons. The SMILES string of the molecule is CCCC(NCc1cc(Cl)ccc1OCc1ccccc1Cl)c1ccccc1.Cl. The van der Waals surface area contributed by atoms with Crippen molar-refractivity contribution in [2.24, 2.45) is 0 Å². The van der Waals surface area contributed by atoms with Crippen LogP contribution in [0, 0.1) is 0 Å². The minimum atomic E-state index is 0. The van der Waals surface area contributed by atoms with E-state index in [9.17, 15) is 0 Å². The normalized spacial score (nSPS) is 11.6. The number of nitrogens with one attached hydrogen (secondary N) is 1. The van der Waals surface area contributed by atoms with Crippen LogP contribution in [0.4, 0.5) is 0 Å². The lowest BCUT2D eigenvalue weighted by Gasteiger charge is -2.20. The van der Waals surface area contributed by atoms with E-state index in [2.05, 4.69) is 36.5 Å². The van der Waals surface area contributed by atoms with Crippen molar-refractivity contribution < 1.29 is 4.74 Å². The van der Waals surface area contributed by atoms with E-state index < -0.39 is 0 Å². The summed E-state index contributed by atoms with van der Waals surface area (Å²) < 4.78 is 6.07. The number of hydrogen-bond donors (Lipinski definition) is 1. The first-order valence-corrected chi connectivity index (χ1v) is 10.4. The first-order chi connectivity index (χ1) is 13.7. The molecule has 0 aliphatic rings. The Labute approximate surface area is 189 Å². The standard InChI is InChI=1S/C24H25Cl2NO.ClH/c1-2-8-23(18-9-4-3-5-10-18)27-16-20-15-21(25)13-14-24(20)28-17-19-11-6-7-12-22(19)26;/h3-7,9-15,23,27H,2,8,16-17H2,1H3;1H. The van der Waals surface area contributed by atoms with Crippen molar-refractivity contribution in [3.05, 3.63) is 99.5 Å². The van der Waals surface area contributed by atoms with E-state index in [-0.39, 0.29) is 12.4 Å². The first-order valence-electron chi connectivity index (χ1n) is 9.60. The van der Waals surface area contributed by atoms with Crippen LogP contribution >= 0.6 is 35.6 Å². The maximum Gasteiger partial charge on any atom is 0.124 e. The minimum absolute atomic E-state index is 0. The lowest BCUT2D eigenvalue weighted by Crippen LogP contribution is -2.21. The molecule has 1 N–H and O–H groups in total. The lowest BCUT2D eigenvalue weighted by molar-refractivity contribution is 0.301. The van der Waals surface area contributed by atoms with Crippen LogP contribution in [0.1, 0.15) is 42.5 Å². The van der Waals surface area contributed by atoms with Crippen LogP contribution in [0.15, 0.2) is 72.8 Å². The van der Waals surface area contributed by atoms with E-state index >= 15 is 0 Å². The molecule has 2 nitrogen and oxygen atoms in total. The summed E-state index contributed by atoms with van der Waals surface area (Å²) in [5, 5.41) is 5.08. The van der Waals surface area contributed by atoms with Gasteiger partial charge in [0.15, 0.2) is 0 Å². The molecule has 0 bridgehead atoms. The quantitative estimate of drug-likeness (QED) is 0.362. The van der Waals surface area contributed by atoms with Gasteiger partial charge in [-0.1, -0.05) is 85.1 Å². The molecule has 1 atom stereocenters. The van der Waals surface area contributed by atoms with Crippen LogP contribution < -0.4 is 10.1 Å². The molecular weight excluding hydrogens is 425 g/mol. The topological polar surface area (TPSA) is 21.3 Å². The molecular formula is C24H26Cl3NO. The number of benzene rings is 3. The molecule has 5 heteroatoms. The van der Waals surface area contributed by atoms with Crippen LogP contribution in [0.2, 0.25) is 10.0 Å². The van der Waals surface area contributed by atoms with Crippen LogP contribution in [0.3, 0.4) is 0 Å². The molecule has 3 aromatic rings. The number of ether oxygens (including phenoxy) is 1. The molecule has 0 saturated heterocycles. The molecule has 0 amide bonds. The van der Waals surface area contributed by atoms with E-state index in [0.717, 1.165) is 29.7 Å². The van der Waals surface area contributed by atoms with Crippen molar-refractivity contribution >= 4 is 35.6 Å². The van der Waals surface area contributed by atoms with Crippen LogP contribution in [0.5, 0.6) is 5.75 Å². The Morgan fingerprint density at radius 3 is 2.34 bits per heavy atom. The second-order valence-electron chi connectivity index (χ2n) is 6.76. The first kappa shape index (κ1) is 23.6. The van der Waals surface area contributed by atoms with Gasteiger partial charge in [-0.05, 0) is 36.2 Å². The highest BCUT2D eigenvalue weighted by atomic mass is 35.5. The molecule has 1 unspecified atom stereocenters. The molecule has 0 fully saturated rings. The fourth-order valence-electron chi connectivity index (χ4n) is 3.19. The van der Waals surface area contributed by atoms with Crippen molar-refractivity contribution in [2.75, 3.05) is 0 Å². The van der Waals surface area contributed by atoms with Gasteiger partial charge in [0.25, 0.3) is 0 Å². The molecule has 0 spiro atoms. The Balaban J connectivity index is 0.00000300. The van der Waals surface area contributed by atoms with Gasteiger partial charge in [-0.15, -0.1) is 12.4 Å². The van der Waals surface area contributed by atoms with Crippen molar-refractivity contribution in [2.45, 2.75) is 39.0 Å². The zero-order valence-electron chi connectivity index (χ0n) is 16.4. The molecule has 154 valence electrons. The predicted molar refractivity (Wildman–Crippen MR) is 125 cm³/mol. The third-order valence-corrected chi connectivity index (χ3v) is 5.29. The van der Waals surface area contributed by atoms with E-state index in [1.165, 1.54) is 5.56 Å². The Bertz CT molecular complexity index is 886. The number of halogens is 3. The summed E-state index contributed by atoms with van der Waals surface area (Å²) in [5.74, 6) is 0.820. The maximum atomic E-state index is 6.25. The number of rotatable bonds is 9. The molecule has 3 aromatic carbocycles. The lowest BCUT2D eigenvalue weighted by atomic mass is 10.0. The Kier molecular flexibility index (Phi) is 9.83. The van der Waals surface area contributed by atoms with Crippen LogP contribution in [-0.2, 0) is 13.2 Å². The highest BCUT2D eigenvalue weighted by Gasteiger charge is 2.12. The van der Waals surface area contributed by atoms with E-state index in [0.29, 0.717) is 29.2 Å². The second-order valence-corrected chi connectivity index (χ2v) is 7.61. The van der Waals surface area contributed by atoms with Crippen molar-refractivity contribution in [1.82, 2.24) is 5.32 Å². The third-order valence-electron chi connectivity index (χ3n) is 4.68. The largest absolute Gasteiger partial charge is 0.489 e. The molecule has 0 aliphatic heterocycles. The van der Waals surface area contributed by atoms with Crippen molar-refractivity contribution in [3.8, 4) is 5.75 Å². The van der Waals surface area contributed by atoms with Gasteiger partial charge < -0.3 is 10.1 Å². The van der Waals surface area contributed by atoms with Gasteiger partial charge in [0.1, 0.15) is 12.4 Å². The highest BCUT2D eigenvalue weighted by molar-refractivity contribution is 6.31. The average molecular weight is 451 g/mol. The van der Waals surface area contributed by atoms with Crippen molar-refractivity contribution in [3.63, 3.8) is 0 Å². The Hall–Kier alpha value is -1.71. The summed E-state index contributed by atoms with van der Waals surface area (Å²) in [6, 6.07) is 24.3. The summed E-state index contributed by atoms with van der Waals surface area (Å²) in [6.45, 7) is 3.30. The smallest absolute Gasteiger partial charge is 0.124 e. The fourth-order valence-corrected chi connectivity index (χ4v) is 3.58. The minimum Gasteiger partial charge on any atom is -0.489 e. The molecule has 0 aliphatic carbocycles. The predicted octanol–water partition coefficient (Wildman–Crippen LogP) is 7.63. The zero-order valence-corrected chi connectivity index (χ0v) is 18.7. The molecule has 3 rings (SSSR count). The summed E-state index contributed by atoms with van der Waals surface area (Å²) >= 11 is 12.5. The van der Waals surface area contributed by atoms with Crippen LogP contribution in [-0.4, -0.2) is 0 Å². The molecule has 29 heavy (non-hydrogen) atoms. The second kappa shape index (κ2) is 12.1. The molecule has 0 aromatic heterocycles. The average Bonchev–Trinajstić information content (AvgIpc) is 2.72. The molecule has 0 heterocycles. The van der Waals surface area contributed by atoms with Crippen LogP contribution in [0.25, 0.3) is 0 Å². The van der Waals surface area contributed by atoms with Gasteiger partial charge in [-0.3, -0.25) is 0 Å². The third kappa shape index (κ3) is 6.94. The van der Waals surface area contributed by atoms with Gasteiger partial charge >= 0.3 is 0 Å². The van der Waals surface area contributed by atoms with E-state index in [1.54, 1.807) is 0 Å². The highest BCUT2D eigenvalue weighted by Crippen LogP contribution is 2.27. The van der Waals surface area contributed by atoms with Gasteiger partial charge in [0.2, 0.25) is 0 Å². The Morgan fingerprint density at radius 2 is 1.62 bits per heavy atom. The van der Waals surface area contributed by atoms with Gasteiger partial charge in [0, 0.05) is 33.8 Å². The van der Waals surface area contributed by atoms with E-state index in [1.807, 2.05) is 48.5 Å². The zero-order chi connectivity index (χ0) is 19.8. The monoisotopic (exact) mass is 449 g/mol. The fraction of sp³-hybridized carbons (Fsp3) is 0.250. The molecule has 0 saturated carbocycles. The van der Waals surface area contributed by atoms with E-state index in [4.69, 9.17) is 27.9 Å². The van der Waals surface area contributed by atoms with Gasteiger partial charge in [-0.2, -0.15) is 0 Å². The van der Waals surface area contributed by atoms with Crippen molar-refractivity contribution in [1.29, 1.82) is 0 Å². The number of hydrogen-bond acceptors (Lipinski definition) is 2. The summed E-state index contributed by atoms with van der Waals surface area (Å²) in [7, 11) is 0. The van der Waals surface area contributed by atoms with Gasteiger partial charge in [-0.25, -0.2) is 0 Å². The maximum absolute atomic E-state index is 6.25. The summed E-state index contributed by atoms with van der Waals surface area (Å²) in [4.78, 5) is 0. The van der Waals surface area contributed by atoms with Gasteiger partial charge in [0.05, 0.1) is 0 Å². The summed E-state index contributed by atoms with van der Waals surface area (Å²) in [5.41, 5.74) is 3.30. The Morgan fingerprint density at radius 1 is 0.897 bits per heavy atom. The summed E-state index contributed by atoms with van der Waals surface area (Å²) in [6.07, 6.45) is 2.18.